The Morgan fingerprint density at radius 3 is 1.09 bits per heavy atom. The SMILES string of the molecule is CC/C=C\C/C=C\C/C=C\C/C=C\C/C=C\C/C=C\C/C=C\C/C=C\CCCCCCCCCCC(=O)NC(COP(=O)([O-])OCC[N+](C)(C)C)C(O)/C=C/CCCCCCCCCCCCCCCCCCCCCCCCCCC. The summed E-state index contributed by atoms with van der Waals surface area (Å²) < 4.78 is 23.4. The van der Waals surface area contributed by atoms with Crippen molar-refractivity contribution in [2.45, 2.75) is 309 Å². The molecule has 0 saturated heterocycles. The van der Waals surface area contributed by atoms with Crippen LogP contribution in [0.4, 0.5) is 0 Å². The van der Waals surface area contributed by atoms with Crippen molar-refractivity contribution in [3.63, 3.8) is 0 Å². The lowest BCUT2D eigenvalue weighted by molar-refractivity contribution is -0.870. The van der Waals surface area contributed by atoms with E-state index in [0.717, 1.165) is 103 Å². The van der Waals surface area contributed by atoms with Crippen LogP contribution in [0.5, 0.6) is 0 Å². The Kier molecular flexibility index (Phi) is 60.5. The minimum absolute atomic E-state index is 0.00748. The summed E-state index contributed by atoms with van der Waals surface area (Å²) >= 11 is 0. The number of hydrogen-bond donors (Lipinski definition) is 2. The summed E-state index contributed by atoms with van der Waals surface area (Å²) in [6.07, 6.45) is 91.9. The topological polar surface area (TPSA) is 108 Å². The van der Waals surface area contributed by atoms with Crippen LogP contribution in [-0.4, -0.2) is 68.5 Å². The van der Waals surface area contributed by atoms with Gasteiger partial charge in [-0.2, -0.15) is 0 Å². The summed E-state index contributed by atoms with van der Waals surface area (Å²) in [5, 5.41) is 14.0. The summed E-state index contributed by atoms with van der Waals surface area (Å²) in [5.74, 6) is -0.207. The zero-order valence-corrected chi connectivity index (χ0v) is 55.1. The molecule has 0 heterocycles. The molecule has 0 saturated carbocycles. The third-order valence-corrected chi connectivity index (χ3v) is 16.0. The Bertz CT molecular complexity index is 1700. The largest absolute Gasteiger partial charge is 0.756 e. The van der Waals surface area contributed by atoms with Crippen molar-refractivity contribution in [3.05, 3.63) is 109 Å². The van der Waals surface area contributed by atoms with E-state index < -0.39 is 20.0 Å². The average Bonchev–Trinajstić information content (AvgIpc) is 3.47. The minimum atomic E-state index is -4.61. The van der Waals surface area contributed by atoms with Crippen LogP contribution in [0.3, 0.4) is 0 Å². The number of phosphoric acid groups is 1. The van der Waals surface area contributed by atoms with Crippen LogP contribution in [0, 0.1) is 0 Å². The summed E-state index contributed by atoms with van der Waals surface area (Å²) in [4.78, 5) is 25.6. The molecule has 0 aliphatic rings. The first-order valence-corrected chi connectivity index (χ1v) is 35.7. The molecular weight excluding hydrogens is 1030 g/mol. The van der Waals surface area contributed by atoms with Gasteiger partial charge in [-0.25, -0.2) is 0 Å². The number of nitrogens with zero attached hydrogens (tertiary/aromatic N) is 1. The van der Waals surface area contributed by atoms with Crippen molar-refractivity contribution in [3.8, 4) is 0 Å². The number of quaternary nitrogens is 1. The lowest BCUT2D eigenvalue weighted by Crippen LogP contribution is -2.45. The van der Waals surface area contributed by atoms with Crippen LogP contribution in [0.15, 0.2) is 109 Å². The Labute approximate surface area is 508 Å². The van der Waals surface area contributed by atoms with Gasteiger partial charge >= 0.3 is 0 Å². The molecule has 3 atom stereocenters. The predicted molar refractivity (Wildman–Crippen MR) is 357 cm³/mol. The number of likely N-dealkylation sites (N-methyl/N-ethyl adjacent to an activating group) is 1. The summed E-state index contributed by atoms with van der Waals surface area (Å²) in [6, 6.07) is -0.901. The Morgan fingerprint density at radius 1 is 0.439 bits per heavy atom. The average molecular weight is 1160 g/mol. The van der Waals surface area contributed by atoms with E-state index in [9.17, 15) is 19.4 Å². The standard InChI is InChI=1S/C73H131N2O6P/c1-6-8-10-12-14-16-18-20-22-24-26-28-30-32-34-35-36-37-38-39-41-43-45-47-49-51-53-55-57-59-61-63-65-67-73(77)74-71(70-81-82(78,79)80-69-68-75(3,4)5)72(76)66-64-62-60-58-56-54-52-50-48-46-44-42-40-33-31-29-27-25-23-21-19-17-15-13-11-9-7-2/h8,10,14,16,20,22,26,28,32,34,36-37,39,41,45,47,64,66,71-72,76H,6-7,9,11-13,15,17-19,21,23-25,27,29-31,33,35,38,40,42-44,46,48-63,65,67-70H2,1-5H3,(H-,74,77,78,79)/b10-8-,16-14-,22-20-,28-26-,34-32-,37-36-,41-39-,47-45-,66-64+. The van der Waals surface area contributed by atoms with Crippen LogP contribution in [0.25, 0.3) is 0 Å². The third kappa shape index (κ3) is 64.7. The van der Waals surface area contributed by atoms with Crippen LogP contribution < -0.4 is 10.2 Å². The van der Waals surface area contributed by atoms with Gasteiger partial charge in [0, 0.05) is 6.42 Å². The monoisotopic (exact) mass is 1160 g/mol. The second-order valence-corrected chi connectivity index (χ2v) is 25.6. The van der Waals surface area contributed by atoms with E-state index in [2.05, 4.69) is 116 Å². The lowest BCUT2D eigenvalue weighted by atomic mass is 10.0. The van der Waals surface area contributed by atoms with Crippen LogP contribution in [0.2, 0.25) is 0 Å². The fraction of sp³-hybridized carbons (Fsp3) is 0.740. The number of aliphatic hydroxyl groups is 1. The molecule has 0 aliphatic carbocycles. The smallest absolute Gasteiger partial charge is 0.268 e. The summed E-state index contributed by atoms with van der Waals surface area (Å²) in [5.41, 5.74) is 0. The first-order chi connectivity index (χ1) is 40.0. The molecule has 0 aromatic carbocycles. The predicted octanol–water partition coefficient (Wildman–Crippen LogP) is 21.2. The van der Waals surface area contributed by atoms with Gasteiger partial charge < -0.3 is 28.8 Å². The van der Waals surface area contributed by atoms with Gasteiger partial charge in [-0.15, -0.1) is 0 Å². The maximum Gasteiger partial charge on any atom is 0.268 e. The number of nitrogens with one attached hydrogen (secondary N) is 1. The highest BCUT2D eigenvalue weighted by atomic mass is 31.2. The highest BCUT2D eigenvalue weighted by Crippen LogP contribution is 2.38. The van der Waals surface area contributed by atoms with Crippen molar-refractivity contribution < 1.29 is 32.9 Å². The lowest BCUT2D eigenvalue weighted by Gasteiger charge is -2.29. The van der Waals surface area contributed by atoms with Crippen LogP contribution in [-0.2, 0) is 18.4 Å². The van der Waals surface area contributed by atoms with Crippen molar-refractivity contribution >= 4 is 13.7 Å². The fourth-order valence-corrected chi connectivity index (χ4v) is 10.4. The molecule has 2 N–H and O–H groups in total. The van der Waals surface area contributed by atoms with Crippen LogP contribution in [0.1, 0.15) is 296 Å². The molecule has 8 nitrogen and oxygen atoms in total. The zero-order valence-electron chi connectivity index (χ0n) is 54.2. The van der Waals surface area contributed by atoms with E-state index in [1.807, 2.05) is 27.2 Å². The van der Waals surface area contributed by atoms with E-state index >= 15 is 0 Å². The molecular formula is C73H131N2O6P. The highest BCUT2D eigenvalue weighted by Gasteiger charge is 2.23. The van der Waals surface area contributed by atoms with E-state index in [4.69, 9.17) is 9.05 Å². The quantitative estimate of drug-likeness (QED) is 0.0272. The molecule has 0 aliphatic heterocycles. The Morgan fingerprint density at radius 2 is 0.744 bits per heavy atom. The first kappa shape index (κ1) is 79.2. The third-order valence-electron chi connectivity index (χ3n) is 15.0. The number of amides is 1. The molecule has 1 amide bonds. The molecule has 0 aromatic heterocycles. The van der Waals surface area contributed by atoms with Gasteiger partial charge in [-0.3, -0.25) is 9.36 Å². The number of allylic oxidation sites excluding steroid dienone is 17. The number of carbonyl (C=O) groups excluding carboxylic acids is 1. The molecule has 0 spiro atoms. The van der Waals surface area contributed by atoms with Crippen molar-refractivity contribution in [2.24, 2.45) is 0 Å². The number of phosphoric ester groups is 1. The van der Waals surface area contributed by atoms with Gasteiger partial charge in [0.25, 0.3) is 7.82 Å². The number of hydrogen-bond acceptors (Lipinski definition) is 6. The van der Waals surface area contributed by atoms with Crippen molar-refractivity contribution in [2.75, 3.05) is 40.9 Å². The van der Waals surface area contributed by atoms with Crippen LogP contribution >= 0.6 is 7.82 Å². The molecule has 0 fully saturated rings. The minimum Gasteiger partial charge on any atom is -0.756 e. The first-order valence-electron chi connectivity index (χ1n) is 34.2. The molecule has 0 aromatic rings. The molecule has 9 heteroatoms. The van der Waals surface area contributed by atoms with Gasteiger partial charge in [-0.05, 0) is 83.5 Å². The molecule has 0 bridgehead atoms. The zero-order chi connectivity index (χ0) is 59.8. The van der Waals surface area contributed by atoms with Gasteiger partial charge in [0.2, 0.25) is 5.91 Å². The summed E-state index contributed by atoms with van der Waals surface area (Å²) in [6.45, 7) is 4.55. The maximum atomic E-state index is 13.0. The van der Waals surface area contributed by atoms with E-state index in [1.165, 1.54) is 173 Å². The molecule has 3 unspecified atom stereocenters. The van der Waals surface area contributed by atoms with E-state index in [-0.39, 0.29) is 19.1 Å². The van der Waals surface area contributed by atoms with E-state index in [0.29, 0.717) is 17.4 Å². The van der Waals surface area contributed by atoms with Gasteiger partial charge in [0.15, 0.2) is 0 Å². The highest BCUT2D eigenvalue weighted by molar-refractivity contribution is 7.45. The number of rotatable bonds is 62. The second kappa shape index (κ2) is 62.7. The van der Waals surface area contributed by atoms with E-state index in [1.54, 1.807) is 6.08 Å². The molecule has 474 valence electrons. The fourth-order valence-electron chi connectivity index (χ4n) is 9.70. The number of aliphatic hydroxyl groups excluding tert-OH is 1. The number of unbranched alkanes of at least 4 members (excludes halogenated alkanes) is 33. The normalized spacial score (nSPS) is 14.4. The van der Waals surface area contributed by atoms with Gasteiger partial charge in [0.1, 0.15) is 13.2 Å². The maximum absolute atomic E-state index is 13.0. The van der Waals surface area contributed by atoms with Crippen molar-refractivity contribution in [1.29, 1.82) is 0 Å². The Hall–Kier alpha value is -2.84. The molecule has 82 heavy (non-hydrogen) atoms. The van der Waals surface area contributed by atoms with Gasteiger partial charge in [-0.1, -0.05) is 316 Å². The van der Waals surface area contributed by atoms with Crippen molar-refractivity contribution in [1.82, 2.24) is 5.32 Å². The van der Waals surface area contributed by atoms with Gasteiger partial charge in [0.05, 0.1) is 39.9 Å². The Balaban J connectivity index is 4.16. The summed E-state index contributed by atoms with van der Waals surface area (Å²) in [7, 11) is 1.25. The second-order valence-electron chi connectivity index (χ2n) is 24.2. The molecule has 0 radical (unpaired) electrons. The molecule has 0 rings (SSSR count). The number of carbonyl (C=O) groups is 1.